The molecular weight excluding hydrogens is 368 g/mol. The summed E-state index contributed by atoms with van der Waals surface area (Å²) in [5, 5.41) is 4.92. The van der Waals surface area contributed by atoms with Gasteiger partial charge in [0.1, 0.15) is 0 Å². The Hall–Kier alpha value is -1.36. The number of benzene rings is 2. The number of thiazole rings is 1. The Morgan fingerprint density at radius 1 is 1.05 bits per heavy atom. The van der Waals surface area contributed by atoms with Crippen LogP contribution in [0.15, 0.2) is 53.0 Å². The zero-order valence-corrected chi connectivity index (χ0v) is 14.4. The van der Waals surface area contributed by atoms with E-state index in [1.54, 1.807) is 11.3 Å². The maximum absolute atomic E-state index is 5.89. The first kappa shape index (κ1) is 14.6. The van der Waals surface area contributed by atoms with Crippen molar-refractivity contribution in [2.45, 2.75) is 6.92 Å². The second-order valence-electron chi connectivity index (χ2n) is 4.56. The number of hydrogen-bond donors (Lipinski definition) is 1. The number of aromatic nitrogens is 1. The van der Waals surface area contributed by atoms with E-state index in [4.69, 9.17) is 11.6 Å². The fourth-order valence-corrected chi connectivity index (χ4v) is 3.23. The monoisotopic (exact) mass is 378 g/mol. The van der Waals surface area contributed by atoms with E-state index in [0.717, 1.165) is 31.6 Å². The van der Waals surface area contributed by atoms with Crippen molar-refractivity contribution in [1.82, 2.24) is 4.98 Å². The largest absolute Gasteiger partial charge is 0.332 e. The Kier molecular flexibility index (Phi) is 4.29. The third kappa shape index (κ3) is 3.46. The smallest absolute Gasteiger partial charge is 0.187 e. The molecule has 0 aliphatic rings. The minimum Gasteiger partial charge on any atom is -0.332 e. The number of halogens is 2. The zero-order chi connectivity index (χ0) is 14.8. The summed E-state index contributed by atoms with van der Waals surface area (Å²) >= 11 is 11.0. The van der Waals surface area contributed by atoms with Gasteiger partial charge in [-0.3, -0.25) is 0 Å². The molecule has 0 saturated carbocycles. The van der Waals surface area contributed by atoms with Gasteiger partial charge in [0.2, 0.25) is 0 Å². The summed E-state index contributed by atoms with van der Waals surface area (Å²) in [6, 6.07) is 15.8. The van der Waals surface area contributed by atoms with Crippen LogP contribution < -0.4 is 5.32 Å². The molecule has 1 heterocycles. The van der Waals surface area contributed by atoms with E-state index in [1.807, 2.05) is 36.4 Å². The molecule has 2 nitrogen and oxygen atoms in total. The Morgan fingerprint density at radius 3 is 2.38 bits per heavy atom. The van der Waals surface area contributed by atoms with Crippen LogP contribution in [0.3, 0.4) is 0 Å². The fourth-order valence-electron chi connectivity index (χ4n) is 1.98. The summed E-state index contributed by atoms with van der Waals surface area (Å²) in [6.07, 6.45) is 0. The quantitative estimate of drug-likeness (QED) is 0.579. The van der Waals surface area contributed by atoms with Gasteiger partial charge in [-0.1, -0.05) is 39.7 Å². The molecule has 0 unspecified atom stereocenters. The molecule has 0 radical (unpaired) electrons. The second kappa shape index (κ2) is 6.18. The van der Waals surface area contributed by atoms with Crippen molar-refractivity contribution in [2.75, 3.05) is 5.32 Å². The van der Waals surface area contributed by atoms with Gasteiger partial charge in [-0.2, -0.15) is 0 Å². The molecule has 0 spiro atoms. The molecule has 3 aromatic rings. The Balaban J connectivity index is 1.87. The first-order chi connectivity index (χ1) is 10.1. The van der Waals surface area contributed by atoms with Gasteiger partial charge < -0.3 is 5.32 Å². The lowest BCUT2D eigenvalue weighted by Gasteiger charge is -2.02. The van der Waals surface area contributed by atoms with Crippen LogP contribution in [0.25, 0.3) is 11.3 Å². The van der Waals surface area contributed by atoms with E-state index in [0.29, 0.717) is 0 Å². The minimum absolute atomic E-state index is 0.728. The number of hydrogen-bond acceptors (Lipinski definition) is 3. The van der Waals surface area contributed by atoms with Crippen LogP contribution >= 0.6 is 38.9 Å². The third-order valence-electron chi connectivity index (χ3n) is 3.01. The van der Waals surface area contributed by atoms with Gasteiger partial charge in [0.25, 0.3) is 0 Å². The van der Waals surface area contributed by atoms with Crippen molar-refractivity contribution < 1.29 is 0 Å². The predicted molar refractivity (Wildman–Crippen MR) is 94.7 cm³/mol. The van der Waals surface area contributed by atoms with Crippen molar-refractivity contribution >= 4 is 49.7 Å². The maximum atomic E-state index is 5.89. The van der Waals surface area contributed by atoms with Gasteiger partial charge >= 0.3 is 0 Å². The van der Waals surface area contributed by atoms with Crippen LogP contribution in [0, 0.1) is 6.92 Å². The molecule has 1 aromatic heterocycles. The fraction of sp³-hybridized carbons (Fsp3) is 0.0625. The summed E-state index contributed by atoms with van der Waals surface area (Å²) in [5.41, 5.74) is 3.12. The molecule has 0 bridgehead atoms. The molecular formula is C16H12BrClN2S. The topological polar surface area (TPSA) is 24.9 Å². The molecule has 0 amide bonds. The van der Waals surface area contributed by atoms with Crippen LogP contribution in [-0.4, -0.2) is 4.98 Å². The van der Waals surface area contributed by atoms with Crippen LogP contribution in [0.4, 0.5) is 10.8 Å². The summed E-state index contributed by atoms with van der Waals surface area (Å²) in [5.74, 6) is 0. The lowest BCUT2D eigenvalue weighted by molar-refractivity contribution is 1.36. The molecule has 0 fully saturated rings. The zero-order valence-electron chi connectivity index (χ0n) is 11.2. The van der Waals surface area contributed by atoms with Gasteiger partial charge in [0.05, 0.1) is 5.69 Å². The standard InChI is InChI=1S/C16H12BrClN2S/c1-10-15(11-2-4-12(17)5-3-11)20-16(21-10)19-14-8-6-13(18)7-9-14/h2-9H,1H3,(H,19,20). The van der Waals surface area contributed by atoms with Crippen molar-refractivity contribution in [3.8, 4) is 11.3 Å². The summed E-state index contributed by atoms with van der Waals surface area (Å²) in [7, 11) is 0. The molecule has 3 rings (SSSR count). The van der Waals surface area contributed by atoms with E-state index < -0.39 is 0 Å². The van der Waals surface area contributed by atoms with E-state index in [-0.39, 0.29) is 0 Å². The summed E-state index contributed by atoms with van der Waals surface area (Å²) < 4.78 is 1.07. The van der Waals surface area contributed by atoms with Crippen LogP contribution in [0.1, 0.15) is 4.88 Å². The van der Waals surface area contributed by atoms with Gasteiger partial charge in [-0.25, -0.2) is 4.98 Å². The van der Waals surface area contributed by atoms with Gasteiger partial charge in [0.15, 0.2) is 5.13 Å². The van der Waals surface area contributed by atoms with E-state index in [9.17, 15) is 0 Å². The highest BCUT2D eigenvalue weighted by Crippen LogP contribution is 2.32. The average Bonchev–Trinajstić information content (AvgIpc) is 2.83. The maximum Gasteiger partial charge on any atom is 0.187 e. The van der Waals surface area contributed by atoms with Crippen LogP contribution in [0.5, 0.6) is 0 Å². The summed E-state index contributed by atoms with van der Waals surface area (Å²) in [4.78, 5) is 5.88. The molecule has 1 N–H and O–H groups in total. The first-order valence-electron chi connectivity index (χ1n) is 6.38. The molecule has 0 saturated heterocycles. The third-order valence-corrected chi connectivity index (χ3v) is 4.68. The molecule has 0 atom stereocenters. The number of rotatable bonds is 3. The molecule has 5 heteroatoms. The van der Waals surface area contributed by atoms with Crippen molar-refractivity contribution in [3.63, 3.8) is 0 Å². The van der Waals surface area contributed by atoms with E-state index in [2.05, 4.69) is 45.3 Å². The number of aryl methyl sites for hydroxylation is 1. The van der Waals surface area contributed by atoms with Crippen molar-refractivity contribution in [3.05, 3.63) is 62.9 Å². The lowest BCUT2D eigenvalue weighted by atomic mass is 10.1. The van der Waals surface area contributed by atoms with Gasteiger partial charge in [-0.05, 0) is 43.3 Å². The highest BCUT2D eigenvalue weighted by Gasteiger charge is 2.10. The summed E-state index contributed by atoms with van der Waals surface area (Å²) in [6.45, 7) is 2.09. The molecule has 2 aromatic carbocycles. The number of anilines is 2. The second-order valence-corrected chi connectivity index (χ2v) is 7.12. The normalized spacial score (nSPS) is 10.6. The molecule has 106 valence electrons. The average molecular weight is 380 g/mol. The molecule has 21 heavy (non-hydrogen) atoms. The van der Waals surface area contributed by atoms with Crippen molar-refractivity contribution in [1.29, 1.82) is 0 Å². The number of nitrogens with one attached hydrogen (secondary N) is 1. The Labute approximate surface area is 140 Å². The molecule has 0 aliphatic carbocycles. The predicted octanol–water partition coefficient (Wildman–Crippen LogP) is 6.28. The van der Waals surface area contributed by atoms with Crippen LogP contribution in [-0.2, 0) is 0 Å². The minimum atomic E-state index is 0.728. The highest BCUT2D eigenvalue weighted by atomic mass is 79.9. The van der Waals surface area contributed by atoms with E-state index >= 15 is 0 Å². The Bertz CT molecular complexity index is 751. The SMILES string of the molecule is Cc1sc(Nc2ccc(Cl)cc2)nc1-c1ccc(Br)cc1. The van der Waals surface area contributed by atoms with Crippen molar-refractivity contribution in [2.24, 2.45) is 0 Å². The van der Waals surface area contributed by atoms with Gasteiger partial charge in [-0.15, -0.1) is 11.3 Å². The Morgan fingerprint density at radius 2 is 1.71 bits per heavy atom. The van der Waals surface area contributed by atoms with E-state index in [1.165, 1.54) is 4.88 Å². The molecule has 0 aliphatic heterocycles. The number of nitrogens with zero attached hydrogens (tertiary/aromatic N) is 1. The van der Waals surface area contributed by atoms with Crippen LogP contribution in [0.2, 0.25) is 5.02 Å². The lowest BCUT2D eigenvalue weighted by Crippen LogP contribution is -1.89. The van der Waals surface area contributed by atoms with Gasteiger partial charge in [0, 0.05) is 25.6 Å². The highest BCUT2D eigenvalue weighted by molar-refractivity contribution is 9.10. The first-order valence-corrected chi connectivity index (χ1v) is 8.36.